The fourth-order valence-corrected chi connectivity index (χ4v) is 3.97. The summed E-state index contributed by atoms with van der Waals surface area (Å²) in [5.74, 6) is -0.541. The van der Waals surface area contributed by atoms with E-state index in [1.807, 2.05) is 22.8 Å². The maximum Gasteiger partial charge on any atom is 0.325 e. The summed E-state index contributed by atoms with van der Waals surface area (Å²) in [7, 11) is 0. The molecular formula is C19H15FN4O2. The highest BCUT2D eigenvalue weighted by molar-refractivity contribution is 6.05. The van der Waals surface area contributed by atoms with Gasteiger partial charge in [0.1, 0.15) is 17.5 Å². The first-order valence-corrected chi connectivity index (χ1v) is 8.42. The number of aromatic nitrogens is 2. The van der Waals surface area contributed by atoms with Crippen LogP contribution in [-0.2, 0) is 24.3 Å². The second-order valence-corrected chi connectivity index (χ2v) is 6.66. The summed E-state index contributed by atoms with van der Waals surface area (Å²) in [5, 5.41) is 3.36. The van der Waals surface area contributed by atoms with Crippen molar-refractivity contribution < 1.29 is 14.0 Å². The van der Waals surface area contributed by atoms with Crippen molar-refractivity contribution in [3.8, 4) is 0 Å². The summed E-state index contributed by atoms with van der Waals surface area (Å²) in [4.78, 5) is 30.2. The van der Waals surface area contributed by atoms with Gasteiger partial charge in [0, 0.05) is 30.2 Å². The van der Waals surface area contributed by atoms with Crippen molar-refractivity contribution in [3.05, 3.63) is 65.2 Å². The normalized spacial score (nSPS) is 18.8. The van der Waals surface area contributed by atoms with Gasteiger partial charge < -0.3 is 9.47 Å². The van der Waals surface area contributed by atoms with Crippen LogP contribution in [0.25, 0.3) is 11.0 Å². The van der Waals surface area contributed by atoms with Crippen molar-refractivity contribution in [3.63, 3.8) is 0 Å². The average molecular weight is 350 g/mol. The zero-order chi connectivity index (χ0) is 17.8. The van der Waals surface area contributed by atoms with Crippen LogP contribution in [-0.4, -0.2) is 32.4 Å². The molecule has 1 unspecified atom stereocenters. The molecular weight excluding hydrogens is 335 g/mol. The highest BCUT2D eigenvalue weighted by Gasteiger charge is 2.43. The van der Waals surface area contributed by atoms with Crippen LogP contribution >= 0.6 is 0 Å². The van der Waals surface area contributed by atoms with Gasteiger partial charge in [0.25, 0.3) is 5.91 Å². The zero-order valence-corrected chi connectivity index (χ0v) is 13.8. The SMILES string of the molecule is O=C1NC(=O)N2Cc3c(c4cccnc4n3Cc3cccc(F)c3)CC12. The number of urea groups is 1. The predicted octanol–water partition coefficient (Wildman–Crippen LogP) is 2.20. The molecule has 1 N–H and O–H groups in total. The molecule has 1 atom stereocenters. The number of hydrogen-bond donors (Lipinski definition) is 1. The number of carbonyl (C=O) groups excluding carboxylic acids is 2. The van der Waals surface area contributed by atoms with Gasteiger partial charge in [-0.05, 0) is 35.4 Å². The van der Waals surface area contributed by atoms with Crippen molar-refractivity contribution in [2.45, 2.75) is 25.6 Å². The standard InChI is InChI=1S/C19H15FN4O2/c20-12-4-1-3-11(7-12)9-23-16-10-24-15(18(25)22-19(24)26)8-14(16)13-5-2-6-21-17(13)23/h1-7,15H,8-10H2,(H,22,25,26). The van der Waals surface area contributed by atoms with E-state index in [-0.39, 0.29) is 17.8 Å². The summed E-state index contributed by atoms with van der Waals surface area (Å²) in [5.41, 5.74) is 3.59. The maximum absolute atomic E-state index is 13.6. The molecule has 2 aliphatic heterocycles. The van der Waals surface area contributed by atoms with Crippen molar-refractivity contribution in [2.24, 2.45) is 0 Å². The average Bonchev–Trinajstić information content (AvgIpc) is 3.09. The van der Waals surface area contributed by atoms with Gasteiger partial charge in [0.05, 0.1) is 6.54 Å². The highest BCUT2D eigenvalue weighted by atomic mass is 19.1. The van der Waals surface area contributed by atoms with Crippen molar-refractivity contribution >= 4 is 23.0 Å². The van der Waals surface area contributed by atoms with Gasteiger partial charge in [-0.25, -0.2) is 14.2 Å². The molecule has 2 aliphatic rings. The molecule has 130 valence electrons. The zero-order valence-electron chi connectivity index (χ0n) is 13.8. The number of nitrogens with zero attached hydrogens (tertiary/aromatic N) is 3. The Morgan fingerprint density at radius 3 is 2.96 bits per heavy atom. The van der Waals surface area contributed by atoms with Gasteiger partial charge in [0.2, 0.25) is 0 Å². The van der Waals surface area contributed by atoms with Crippen LogP contribution in [0.5, 0.6) is 0 Å². The number of benzene rings is 1. The molecule has 1 fully saturated rings. The number of imide groups is 1. The number of hydrogen-bond acceptors (Lipinski definition) is 3. The lowest BCUT2D eigenvalue weighted by atomic mass is 9.98. The lowest BCUT2D eigenvalue weighted by Crippen LogP contribution is -2.40. The van der Waals surface area contributed by atoms with Gasteiger partial charge in [-0.15, -0.1) is 0 Å². The molecule has 4 heterocycles. The first kappa shape index (κ1) is 15.1. The largest absolute Gasteiger partial charge is 0.325 e. The Bertz CT molecular complexity index is 1070. The van der Waals surface area contributed by atoms with E-state index < -0.39 is 6.04 Å². The van der Waals surface area contributed by atoms with Gasteiger partial charge >= 0.3 is 6.03 Å². The minimum absolute atomic E-state index is 0.254. The fourth-order valence-electron chi connectivity index (χ4n) is 3.97. The van der Waals surface area contributed by atoms with Crippen LogP contribution in [0.15, 0.2) is 42.6 Å². The number of rotatable bonds is 2. The van der Waals surface area contributed by atoms with Gasteiger partial charge in [-0.1, -0.05) is 12.1 Å². The van der Waals surface area contributed by atoms with E-state index in [1.54, 1.807) is 17.2 Å². The molecule has 6 nitrogen and oxygen atoms in total. The second-order valence-electron chi connectivity index (χ2n) is 6.66. The molecule has 0 radical (unpaired) electrons. The topological polar surface area (TPSA) is 67.2 Å². The van der Waals surface area contributed by atoms with Crippen LogP contribution in [0.4, 0.5) is 9.18 Å². The molecule has 1 aromatic carbocycles. The first-order valence-electron chi connectivity index (χ1n) is 8.42. The van der Waals surface area contributed by atoms with E-state index in [0.29, 0.717) is 19.5 Å². The molecule has 3 aromatic rings. The molecule has 5 rings (SSSR count). The van der Waals surface area contributed by atoms with Crippen LogP contribution < -0.4 is 5.32 Å². The number of nitrogens with one attached hydrogen (secondary N) is 1. The molecule has 0 saturated carbocycles. The Balaban J connectivity index is 1.67. The lowest BCUT2D eigenvalue weighted by Gasteiger charge is -2.28. The number of carbonyl (C=O) groups is 2. The predicted molar refractivity (Wildman–Crippen MR) is 91.8 cm³/mol. The Morgan fingerprint density at radius 1 is 1.23 bits per heavy atom. The van der Waals surface area contributed by atoms with Crippen LogP contribution in [0, 0.1) is 5.82 Å². The molecule has 7 heteroatoms. The maximum atomic E-state index is 13.6. The highest BCUT2D eigenvalue weighted by Crippen LogP contribution is 2.34. The van der Waals surface area contributed by atoms with E-state index >= 15 is 0 Å². The third-order valence-corrected chi connectivity index (χ3v) is 5.16. The number of fused-ring (bicyclic) bond motifs is 4. The summed E-state index contributed by atoms with van der Waals surface area (Å²) < 4.78 is 15.6. The molecule has 26 heavy (non-hydrogen) atoms. The Kier molecular flexibility index (Phi) is 3.12. The lowest BCUT2D eigenvalue weighted by molar-refractivity contribution is -0.121. The molecule has 0 bridgehead atoms. The second kappa shape index (κ2) is 5.39. The minimum Gasteiger partial charge on any atom is -0.323 e. The monoisotopic (exact) mass is 350 g/mol. The Hall–Kier alpha value is -3.22. The van der Waals surface area contributed by atoms with Crippen LogP contribution in [0.1, 0.15) is 16.8 Å². The number of pyridine rings is 1. The van der Waals surface area contributed by atoms with Crippen molar-refractivity contribution in [2.75, 3.05) is 0 Å². The third-order valence-electron chi connectivity index (χ3n) is 5.16. The molecule has 2 aromatic heterocycles. The van der Waals surface area contributed by atoms with Crippen LogP contribution in [0.3, 0.4) is 0 Å². The molecule has 3 amide bonds. The Morgan fingerprint density at radius 2 is 2.12 bits per heavy atom. The smallest absolute Gasteiger partial charge is 0.323 e. The first-order chi connectivity index (χ1) is 12.6. The summed E-state index contributed by atoms with van der Waals surface area (Å²) in [6, 6.07) is 9.47. The fraction of sp³-hybridized carbons (Fsp3) is 0.211. The van der Waals surface area contributed by atoms with Gasteiger partial charge in [-0.3, -0.25) is 10.1 Å². The van der Waals surface area contributed by atoms with E-state index in [9.17, 15) is 14.0 Å². The van der Waals surface area contributed by atoms with E-state index in [0.717, 1.165) is 27.9 Å². The molecule has 0 spiro atoms. The summed E-state index contributed by atoms with van der Waals surface area (Å²) in [6.45, 7) is 0.790. The Labute approximate surface area is 148 Å². The van der Waals surface area contributed by atoms with Crippen LogP contribution in [0.2, 0.25) is 0 Å². The third kappa shape index (κ3) is 2.13. The summed E-state index contributed by atoms with van der Waals surface area (Å²) in [6.07, 6.45) is 2.18. The van der Waals surface area contributed by atoms with Crippen molar-refractivity contribution in [1.29, 1.82) is 0 Å². The van der Waals surface area contributed by atoms with Gasteiger partial charge in [-0.2, -0.15) is 0 Å². The number of halogens is 1. The molecule has 1 saturated heterocycles. The van der Waals surface area contributed by atoms with E-state index in [4.69, 9.17) is 0 Å². The minimum atomic E-state index is -0.469. The quantitative estimate of drug-likeness (QED) is 0.721. The van der Waals surface area contributed by atoms with E-state index in [1.165, 1.54) is 12.1 Å². The summed E-state index contributed by atoms with van der Waals surface area (Å²) >= 11 is 0. The van der Waals surface area contributed by atoms with E-state index in [2.05, 4.69) is 10.3 Å². The van der Waals surface area contributed by atoms with Gasteiger partial charge in [0.15, 0.2) is 0 Å². The molecule has 0 aliphatic carbocycles. The number of amides is 3. The van der Waals surface area contributed by atoms with Crippen molar-refractivity contribution in [1.82, 2.24) is 19.8 Å².